The van der Waals surface area contributed by atoms with Crippen LogP contribution in [0, 0.1) is 5.92 Å². The highest BCUT2D eigenvalue weighted by atomic mass is 127. The van der Waals surface area contributed by atoms with Crippen molar-refractivity contribution >= 4 is 29.9 Å². The Bertz CT molecular complexity index is 283. The average Bonchev–Trinajstić information content (AvgIpc) is 2.49. The highest BCUT2D eigenvalue weighted by Gasteiger charge is 2.18. The molecule has 1 rings (SSSR count). The monoisotopic (exact) mass is 427 g/mol. The standard InChI is InChI=1S/C16H33N3O2.HI/c1-4-17-16(18-10-5-11-21-13-12-20-3)19-15-8-6-14(2)7-9-15;/h14-15H,4-13H2,1-3H3,(H2,17,18,19);1H. The van der Waals surface area contributed by atoms with Crippen LogP contribution in [0.15, 0.2) is 4.99 Å². The third-order valence-corrected chi connectivity index (χ3v) is 3.85. The van der Waals surface area contributed by atoms with Crippen molar-refractivity contribution in [1.82, 2.24) is 10.6 Å². The van der Waals surface area contributed by atoms with E-state index >= 15 is 0 Å². The van der Waals surface area contributed by atoms with Crippen LogP contribution in [0.1, 0.15) is 46.0 Å². The Hall–Kier alpha value is -0.0800. The van der Waals surface area contributed by atoms with Gasteiger partial charge >= 0.3 is 0 Å². The van der Waals surface area contributed by atoms with Gasteiger partial charge in [0, 0.05) is 32.8 Å². The van der Waals surface area contributed by atoms with E-state index < -0.39 is 0 Å². The van der Waals surface area contributed by atoms with Crippen LogP contribution in [-0.4, -0.2) is 52.0 Å². The lowest BCUT2D eigenvalue weighted by Gasteiger charge is -2.28. The molecular formula is C16H34IN3O2. The quantitative estimate of drug-likeness (QED) is 0.257. The van der Waals surface area contributed by atoms with Crippen LogP contribution < -0.4 is 10.6 Å². The summed E-state index contributed by atoms with van der Waals surface area (Å²) in [5, 5.41) is 6.90. The molecule has 132 valence electrons. The first-order valence-corrected chi connectivity index (χ1v) is 8.37. The predicted octanol–water partition coefficient (Wildman–Crippen LogP) is 2.79. The van der Waals surface area contributed by atoms with Crippen molar-refractivity contribution in [2.24, 2.45) is 10.9 Å². The van der Waals surface area contributed by atoms with Crippen molar-refractivity contribution in [3.63, 3.8) is 0 Å². The summed E-state index contributed by atoms with van der Waals surface area (Å²) in [6.45, 7) is 8.22. The lowest BCUT2D eigenvalue weighted by molar-refractivity contribution is 0.0702. The largest absolute Gasteiger partial charge is 0.382 e. The first-order valence-electron chi connectivity index (χ1n) is 8.37. The SMILES string of the molecule is CCNC(=NCCCOCCOC)NC1CCC(C)CC1.I. The summed E-state index contributed by atoms with van der Waals surface area (Å²) in [5.74, 6) is 1.83. The molecule has 5 nitrogen and oxygen atoms in total. The van der Waals surface area contributed by atoms with Crippen molar-refractivity contribution in [3.8, 4) is 0 Å². The van der Waals surface area contributed by atoms with Crippen LogP contribution in [0.5, 0.6) is 0 Å². The molecule has 0 radical (unpaired) electrons. The summed E-state index contributed by atoms with van der Waals surface area (Å²) < 4.78 is 10.4. The lowest BCUT2D eigenvalue weighted by Crippen LogP contribution is -2.44. The van der Waals surface area contributed by atoms with E-state index in [0.717, 1.165) is 38.0 Å². The van der Waals surface area contributed by atoms with Crippen LogP contribution >= 0.6 is 24.0 Å². The Balaban J connectivity index is 0.00000441. The van der Waals surface area contributed by atoms with E-state index in [-0.39, 0.29) is 24.0 Å². The number of methoxy groups -OCH3 is 1. The molecule has 0 amide bonds. The van der Waals surface area contributed by atoms with Crippen molar-refractivity contribution in [1.29, 1.82) is 0 Å². The highest BCUT2D eigenvalue weighted by molar-refractivity contribution is 14.0. The van der Waals surface area contributed by atoms with Gasteiger partial charge < -0.3 is 20.1 Å². The number of hydrogen-bond donors (Lipinski definition) is 2. The molecule has 1 fully saturated rings. The zero-order valence-corrected chi connectivity index (χ0v) is 16.7. The number of ether oxygens (including phenoxy) is 2. The summed E-state index contributed by atoms with van der Waals surface area (Å²) in [7, 11) is 1.69. The molecule has 1 saturated carbocycles. The third-order valence-electron chi connectivity index (χ3n) is 3.85. The molecule has 0 saturated heterocycles. The highest BCUT2D eigenvalue weighted by Crippen LogP contribution is 2.23. The maximum absolute atomic E-state index is 5.44. The van der Waals surface area contributed by atoms with E-state index in [1.165, 1.54) is 25.7 Å². The maximum atomic E-state index is 5.44. The summed E-state index contributed by atoms with van der Waals surface area (Å²) in [6, 6.07) is 0.581. The van der Waals surface area contributed by atoms with E-state index in [1.54, 1.807) is 7.11 Å². The number of nitrogens with zero attached hydrogens (tertiary/aromatic N) is 1. The molecule has 0 aliphatic heterocycles. The molecule has 1 aliphatic carbocycles. The Labute approximate surface area is 153 Å². The van der Waals surface area contributed by atoms with Crippen molar-refractivity contribution < 1.29 is 9.47 Å². The van der Waals surface area contributed by atoms with Gasteiger partial charge in [0.15, 0.2) is 5.96 Å². The third kappa shape index (κ3) is 10.6. The molecule has 0 unspecified atom stereocenters. The Morgan fingerprint density at radius 1 is 1.14 bits per heavy atom. The van der Waals surface area contributed by atoms with Gasteiger partial charge in [-0.2, -0.15) is 0 Å². The van der Waals surface area contributed by atoms with Gasteiger partial charge in [0.05, 0.1) is 13.2 Å². The molecule has 0 bridgehead atoms. The second kappa shape index (κ2) is 14.5. The minimum atomic E-state index is 0. The summed E-state index contributed by atoms with van der Waals surface area (Å²) in [5.41, 5.74) is 0. The number of nitrogens with one attached hydrogen (secondary N) is 2. The number of hydrogen-bond acceptors (Lipinski definition) is 3. The van der Waals surface area contributed by atoms with Crippen molar-refractivity contribution in [2.45, 2.75) is 52.0 Å². The molecule has 6 heteroatoms. The van der Waals surface area contributed by atoms with Crippen LogP contribution in [0.3, 0.4) is 0 Å². The Morgan fingerprint density at radius 2 is 1.86 bits per heavy atom. The number of aliphatic imine (C=N–C) groups is 1. The molecular weight excluding hydrogens is 393 g/mol. The van der Waals surface area contributed by atoms with E-state index in [4.69, 9.17) is 9.47 Å². The second-order valence-corrected chi connectivity index (χ2v) is 5.82. The number of halogens is 1. The summed E-state index contributed by atoms with van der Waals surface area (Å²) in [6.07, 6.45) is 6.11. The summed E-state index contributed by atoms with van der Waals surface area (Å²) in [4.78, 5) is 4.63. The average molecular weight is 427 g/mol. The Kier molecular flexibility index (Phi) is 14.5. The fourth-order valence-electron chi connectivity index (χ4n) is 2.52. The maximum Gasteiger partial charge on any atom is 0.191 e. The number of rotatable bonds is 9. The molecule has 2 N–H and O–H groups in total. The fourth-order valence-corrected chi connectivity index (χ4v) is 2.52. The molecule has 22 heavy (non-hydrogen) atoms. The zero-order valence-electron chi connectivity index (χ0n) is 14.4. The normalized spacial score (nSPS) is 22.0. The summed E-state index contributed by atoms with van der Waals surface area (Å²) >= 11 is 0. The minimum absolute atomic E-state index is 0. The van der Waals surface area contributed by atoms with Crippen LogP contribution in [0.4, 0.5) is 0 Å². The molecule has 0 heterocycles. The molecule has 0 aromatic rings. The topological polar surface area (TPSA) is 54.9 Å². The van der Waals surface area contributed by atoms with E-state index in [1.807, 2.05) is 0 Å². The van der Waals surface area contributed by atoms with Gasteiger partial charge in [-0.05, 0) is 44.9 Å². The first-order chi connectivity index (χ1) is 10.3. The van der Waals surface area contributed by atoms with Crippen molar-refractivity contribution in [3.05, 3.63) is 0 Å². The van der Waals surface area contributed by atoms with E-state index in [9.17, 15) is 0 Å². The van der Waals surface area contributed by atoms with Crippen LogP contribution in [0.2, 0.25) is 0 Å². The molecule has 0 spiro atoms. The zero-order chi connectivity index (χ0) is 15.3. The molecule has 0 aromatic carbocycles. The van der Waals surface area contributed by atoms with Crippen LogP contribution in [0.25, 0.3) is 0 Å². The molecule has 0 aromatic heterocycles. The lowest BCUT2D eigenvalue weighted by atomic mass is 9.87. The number of guanidine groups is 1. The smallest absolute Gasteiger partial charge is 0.191 e. The molecule has 0 atom stereocenters. The van der Waals surface area contributed by atoms with Gasteiger partial charge in [-0.1, -0.05) is 6.92 Å². The van der Waals surface area contributed by atoms with Gasteiger partial charge in [0.25, 0.3) is 0 Å². The second-order valence-electron chi connectivity index (χ2n) is 5.82. The van der Waals surface area contributed by atoms with Gasteiger partial charge in [0.1, 0.15) is 0 Å². The van der Waals surface area contributed by atoms with Gasteiger partial charge in [-0.15, -0.1) is 24.0 Å². The van der Waals surface area contributed by atoms with Gasteiger partial charge in [-0.25, -0.2) is 0 Å². The van der Waals surface area contributed by atoms with Crippen molar-refractivity contribution in [2.75, 3.05) is 40.0 Å². The Morgan fingerprint density at radius 3 is 2.50 bits per heavy atom. The molecule has 1 aliphatic rings. The van der Waals surface area contributed by atoms with E-state index in [0.29, 0.717) is 19.3 Å². The fraction of sp³-hybridized carbons (Fsp3) is 0.938. The van der Waals surface area contributed by atoms with Crippen LogP contribution in [-0.2, 0) is 9.47 Å². The van der Waals surface area contributed by atoms with Gasteiger partial charge in [0.2, 0.25) is 0 Å². The minimum Gasteiger partial charge on any atom is -0.382 e. The predicted molar refractivity (Wildman–Crippen MR) is 103 cm³/mol. The van der Waals surface area contributed by atoms with E-state index in [2.05, 4.69) is 29.5 Å². The van der Waals surface area contributed by atoms with Gasteiger partial charge in [-0.3, -0.25) is 4.99 Å². The first kappa shape index (κ1) is 21.9.